The second kappa shape index (κ2) is 10.0. The van der Waals surface area contributed by atoms with Crippen LogP contribution in [0.2, 0.25) is 0 Å². The number of urea groups is 1. The van der Waals surface area contributed by atoms with Crippen molar-refractivity contribution >= 4 is 30.4 Å². The first-order valence-corrected chi connectivity index (χ1v) is 12.4. The van der Waals surface area contributed by atoms with Crippen molar-refractivity contribution in [2.24, 2.45) is 5.73 Å². The first-order valence-electron chi connectivity index (χ1n) is 11.5. The zero-order chi connectivity index (χ0) is 22.1. The number of hydrogen-bond donors (Lipinski definition) is 1. The van der Waals surface area contributed by atoms with Crippen LogP contribution in [0.1, 0.15) is 43.7 Å². The molecule has 0 radical (unpaired) electrons. The topological polar surface area (TPSA) is 68.0 Å². The fourth-order valence-corrected chi connectivity index (χ4v) is 6.68. The molecule has 2 heterocycles. The molecule has 0 bridgehead atoms. The van der Waals surface area contributed by atoms with Crippen molar-refractivity contribution in [3.05, 3.63) is 59.7 Å². The Morgan fingerprint density at radius 3 is 2.73 bits per heavy atom. The first-order chi connectivity index (χ1) is 15.6. The molecule has 5 rings (SSSR count). The Hall–Kier alpha value is -2.09. The Balaban J connectivity index is 0.00000259. The molecule has 0 aromatic heterocycles. The summed E-state index contributed by atoms with van der Waals surface area (Å²) in [6.07, 6.45) is 4.02. The van der Waals surface area contributed by atoms with Crippen LogP contribution in [0.4, 0.5) is 4.79 Å². The zero-order valence-electron chi connectivity index (χ0n) is 18.9. The van der Waals surface area contributed by atoms with Crippen LogP contribution in [0.3, 0.4) is 0 Å². The van der Waals surface area contributed by atoms with E-state index in [9.17, 15) is 4.79 Å². The molecule has 2 fully saturated rings. The third-order valence-corrected chi connectivity index (χ3v) is 8.35. The Morgan fingerprint density at radius 1 is 1.18 bits per heavy atom. The van der Waals surface area contributed by atoms with Gasteiger partial charge in [0.15, 0.2) is 11.5 Å². The SMILES string of the molecule is CCSN(C(N)=O)C1CCC2(c3ccc4c(c3)OCO4)CCN(Cc3ccccc3)C2C1.Cl. The van der Waals surface area contributed by atoms with Crippen molar-refractivity contribution in [3.8, 4) is 11.5 Å². The normalized spacial score (nSPS) is 25.8. The number of benzene rings is 2. The van der Waals surface area contributed by atoms with Crippen molar-refractivity contribution in [1.82, 2.24) is 9.21 Å². The van der Waals surface area contributed by atoms with Crippen LogP contribution < -0.4 is 15.2 Å². The third-order valence-electron chi connectivity index (χ3n) is 7.34. The quantitative estimate of drug-likeness (QED) is 0.581. The van der Waals surface area contributed by atoms with E-state index in [4.69, 9.17) is 15.2 Å². The molecule has 2 N–H and O–H groups in total. The summed E-state index contributed by atoms with van der Waals surface area (Å²) in [5, 5.41) is 0. The van der Waals surface area contributed by atoms with Crippen molar-refractivity contribution in [3.63, 3.8) is 0 Å². The van der Waals surface area contributed by atoms with E-state index in [-0.39, 0.29) is 29.9 Å². The summed E-state index contributed by atoms with van der Waals surface area (Å²) in [5.74, 6) is 2.51. The van der Waals surface area contributed by atoms with Crippen molar-refractivity contribution < 1.29 is 14.3 Å². The average molecular weight is 490 g/mol. The van der Waals surface area contributed by atoms with E-state index in [1.54, 1.807) is 11.9 Å². The van der Waals surface area contributed by atoms with E-state index in [1.807, 2.05) is 4.31 Å². The van der Waals surface area contributed by atoms with Gasteiger partial charge in [-0.2, -0.15) is 0 Å². The summed E-state index contributed by atoms with van der Waals surface area (Å²) < 4.78 is 13.1. The Labute approximate surface area is 206 Å². The molecule has 1 saturated heterocycles. The van der Waals surface area contributed by atoms with Gasteiger partial charge in [-0.25, -0.2) is 4.79 Å². The fraction of sp³-hybridized carbons (Fsp3) is 0.480. The molecule has 2 aliphatic heterocycles. The van der Waals surface area contributed by atoms with E-state index >= 15 is 0 Å². The summed E-state index contributed by atoms with van der Waals surface area (Å²) in [5.41, 5.74) is 8.48. The molecule has 2 amide bonds. The second-order valence-electron chi connectivity index (χ2n) is 8.96. The van der Waals surface area contributed by atoms with Crippen molar-refractivity contribution in [2.75, 3.05) is 19.1 Å². The highest BCUT2D eigenvalue weighted by Crippen LogP contribution is 2.52. The molecular formula is C25H32ClN3O3S. The number of likely N-dealkylation sites (tertiary alicyclic amines) is 1. The van der Waals surface area contributed by atoms with Gasteiger partial charge in [-0.1, -0.05) is 43.3 Å². The summed E-state index contributed by atoms with van der Waals surface area (Å²) >= 11 is 1.55. The van der Waals surface area contributed by atoms with Crippen LogP contribution in [0, 0.1) is 0 Å². The van der Waals surface area contributed by atoms with Gasteiger partial charge in [0.05, 0.1) is 0 Å². The van der Waals surface area contributed by atoms with Gasteiger partial charge in [0.25, 0.3) is 0 Å². The highest BCUT2D eigenvalue weighted by atomic mass is 35.5. The molecule has 3 unspecified atom stereocenters. The highest BCUT2D eigenvalue weighted by molar-refractivity contribution is 7.97. The van der Waals surface area contributed by atoms with Crippen LogP contribution in [0.25, 0.3) is 0 Å². The highest BCUT2D eigenvalue weighted by Gasteiger charge is 2.52. The Bertz CT molecular complexity index is 979. The molecule has 1 aliphatic carbocycles. The molecule has 3 aliphatic rings. The lowest BCUT2D eigenvalue weighted by Crippen LogP contribution is -2.52. The van der Waals surface area contributed by atoms with Gasteiger partial charge in [-0.05, 0) is 67.4 Å². The second-order valence-corrected chi connectivity index (χ2v) is 10.2. The molecule has 8 heteroatoms. The smallest absolute Gasteiger partial charge is 0.325 e. The molecule has 3 atom stereocenters. The largest absolute Gasteiger partial charge is 0.454 e. The van der Waals surface area contributed by atoms with Gasteiger partial charge in [-0.3, -0.25) is 9.21 Å². The number of rotatable bonds is 6. The van der Waals surface area contributed by atoms with Crippen LogP contribution in [0.15, 0.2) is 48.5 Å². The predicted octanol–water partition coefficient (Wildman–Crippen LogP) is 4.95. The molecule has 0 spiro atoms. The molecule has 2 aromatic rings. The number of primary amides is 1. The molecule has 2 aromatic carbocycles. The minimum absolute atomic E-state index is 0. The number of nitrogens with zero attached hydrogens (tertiary/aromatic N) is 2. The standard InChI is InChI=1S/C25H31N3O3S.ClH/c1-2-32-28(24(26)29)20-10-11-25(19-8-9-21-22(14-19)31-17-30-21)12-13-27(23(25)15-20)16-18-6-4-3-5-7-18;/h3-9,14,20,23H,2,10-13,15-17H2,1H3,(H2,26,29);1H. The van der Waals surface area contributed by atoms with E-state index in [0.29, 0.717) is 12.8 Å². The number of fused-ring (bicyclic) bond motifs is 2. The average Bonchev–Trinajstić information content (AvgIpc) is 3.42. The zero-order valence-corrected chi connectivity index (χ0v) is 20.6. The van der Waals surface area contributed by atoms with E-state index in [0.717, 1.165) is 56.0 Å². The molecular weight excluding hydrogens is 458 g/mol. The van der Waals surface area contributed by atoms with Gasteiger partial charge in [-0.15, -0.1) is 12.4 Å². The number of nitrogens with two attached hydrogens (primary N) is 1. The Kier molecular flexibility index (Phi) is 7.31. The molecule has 1 saturated carbocycles. The number of carbonyl (C=O) groups excluding carboxylic acids is 1. The lowest BCUT2D eigenvalue weighted by Gasteiger charge is -2.47. The summed E-state index contributed by atoms with van der Waals surface area (Å²) in [6, 6.07) is 17.3. The van der Waals surface area contributed by atoms with Gasteiger partial charge in [0.1, 0.15) is 0 Å². The lowest BCUT2D eigenvalue weighted by atomic mass is 9.65. The molecule has 6 nitrogen and oxygen atoms in total. The number of hydrogen-bond acceptors (Lipinski definition) is 5. The predicted molar refractivity (Wildman–Crippen MR) is 134 cm³/mol. The van der Waals surface area contributed by atoms with Gasteiger partial charge >= 0.3 is 6.03 Å². The van der Waals surface area contributed by atoms with Gasteiger partial charge < -0.3 is 15.2 Å². The lowest BCUT2D eigenvalue weighted by molar-refractivity contribution is 0.113. The minimum Gasteiger partial charge on any atom is -0.454 e. The van der Waals surface area contributed by atoms with Crippen LogP contribution in [0.5, 0.6) is 11.5 Å². The van der Waals surface area contributed by atoms with E-state index in [1.165, 1.54) is 11.1 Å². The maximum absolute atomic E-state index is 12.2. The minimum atomic E-state index is -0.329. The number of amides is 2. The van der Waals surface area contributed by atoms with Gasteiger partial charge in [0.2, 0.25) is 6.79 Å². The number of carbonyl (C=O) groups is 1. The summed E-state index contributed by atoms with van der Waals surface area (Å²) in [4.78, 5) is 14.8. The van der Waals surface area contributed by atoms with Crippen molar-refractivity contribution in [2.45, 2.75) is 56.7 Å². The monoisotopic (exact) mass is 489 g/mol. The van der Waals surface area contributed by atoms with Crippen LogP contribution in [-0.4, -0.2) is 46.4 Å². The number of halogens is 1. The summed E-state index contributed by atoms with van der Waals surface area (Å²) in [6.45, 7) is 4.32. The van der Waals surface area contributed by atoms with Gasteiger partial charge in [0, 0.05) is 29.8 Å². The van der Waals surface area contributed by atoms with E-state index in [2.05, 4.69) is 60.4 Å². The molecule has 33 heavy (non-hydrogen) atoms. The summed E-state index contributed by atoms with van der Waals surface area (Å²) in [7, 11) is 0. The van der Waals surface area contributed by atoms with Crippen molar-refractivity contribution in [1.29, 1.82) is 0 Å². The Morgan fingerprint density at radius 2 is 1.97 bits per heavy atom. The fourth-order valence-electron chi connectivity index (χ4n) is 5.88. The van der Waals surface area contributed by atoms with E-state index < -0.39 is 0 Å². The first kappa shape index (κ1) is 24.0. The van der Waals surface area contributed by atoms with Crippen LogP contribution in [-0.2, 0) is 12.0 Å². The maximum atomic E-state index is 12.2. The molecule has 178 valence electrons. The number of ether oxygens (including phenoxy) is 2. The van der Waals surface area contributed by atoms with Crippen LogP contribution >= 0.6 is 24.4 Å². The third kappa shape index (κ3) is 4.51. The maximum Gasteiger partial charge on any atom is 0.325 e.